The molecule has 0 spiro atoms. The molecule has 3 saturated heterocycles. The van der Waals surface area contributed by atoms with Crippen LogP contribution in [0.3, 0.4) is 0 Å². The number of ether oxygens (including phenoxy) is 2. The zero-order valence-corrected chi connectivity index (χ0v) is 21.8. The van der Waals surface area contributed by atoms with Crippen molar-refractivity contribution in [2.75, 3.05) is 45.6 Å². The summed E-state index contributed by atoms with van der Waals surface area (Å²) in [5, 5.41) is 36.7. The van der Waals surface area contributed by atoms with E-state index in [2.05, 4.69) is 15.5 Å². The van der Waals surface area contributed by atoms with Gasteiger partial charge in [-0.2, -0.15) is 0 Å². The quantitative estimate of drug-likeness (QED) is 0.268. The summed E-state index contributed by atoms with van der Waals surface area (Å²) in [5.41, 5.74) is -0.715. The predicted octanol–water partition coefficient (Wildman–Crippen LogP) is 0.140. The molecule has 0 radical (unpaired) electrons. The molecule has 3 unspecified atom stereocenters. The summed E-state index contributed by atoms with van der Waals surface area (Å²) in [6.45, 7) is 7.29. The van der Waals surface area contributed by atoms with Gasteiger partial charge in [0.2, 0.25) is 5.91 Å². The highest BCUT2D eigenvalue weighted by Crippen LogP contribution is 2.30. The van der Waals surface area contributed by atoms with Crippen molar-refractivity contribution in [3.63, 3.8) is 0 Å². The van der Waals surface area contributed by atoms with Gasteiger partial charge < -0.3 is 35.4 Å². The van der Waals surface area contributed by atoms with Gasteiger partial charge in [-0.3, -0.25) is 9.69 Å². The van der Waals surface area contributed by atoms with Crippen LogP contribution in [0.25, 0.3) is 0 Å². The molecular weight excluding hydrogens is 482 g/mol. The average Bonchev–Trinajstić information content (AvgIpc) is 3.08. The molecular formula is C23H42ClN3O6S. The lowest BCUT2D eigenvalue weighted by Gasteiger charge is -2.44. The Hall–Kier alpha value is -0.170. The molecule has 198 valence electrons. The van der Waals surface area contributed by atoms with E-state index in [9.17, 15) is 20.1 Å². The van der Waals surface area contributed by atoms with Crippen LogP contribution in [0.4, 0.5) is 0 Å². The third-order valence-electron chi connectivity index (χ3n) is 7.31. The van der Waals surface area contributed by atoms with E-state index in [4.69, 9.17) is 21.1 Å². The largest absolute Gasteiger partial charge is 0.388 e. The van der Waals surface area contributed by atoms with Crippen LogP contribution in [0, 0.1) is 5.92 Å². The number of halogens is 1. The maximum atomic E-state index is 13.1. The summed E-state index contributed by atoms with van der Waals surface area (Å²) in [4.78, 5) is 15.6. The number of carbonyl (C=O) groups excluding carboxylic acids is 1. The standard InChI is InChI=1S/C23H42ClN3O6S/c1-14(24)17(21-19(29)18(28)20(30)23(33-21)34-2)26-22(31)16-6-5-15(7-8-25-16)4-3-9-27-10-12-32-13-11-27/h14-21,23,25,28-30H,3-13H2,1-2H3,(H,26,31)/t14-,15-,16-,17+,18?,19?,20+,21+,23?/m0/s1. The molecule has 9 atom stereocenters. The first kappa shape index (κ1) is 28.4. The molecule has 3 aliphatic rings. The van der Waals surface area contributed by atoms with Crippen LogP contribution in [-0.2, 0) is 14.3 Å². The van der Waals surface area contributed by atoms with Gasteiger partial charge in [-0.1, -0.05) is 0 Å². The van der Waals surface area contributed by atoms with Crippen molar-refractivity contribution in [2.24, 2.45) is 5.92 Å². The number of thioether (sulfide) groups is 1. The fraction of sp³-hybridized carbons (Fsp3) is 0.957. The molecule has 0 aromatic heterocycles. The molecule has 3 rings (SSSR count). The lowest BCUT2D eigenvalue weighted by atomic mass is 9.92. The highest BCUT2D eigenvalue weighted by atomic mass is 35.5. The number of amides is 1. The van der Waals surface area contributed by atoms with Crippen LogP contribution in [-0.4, -0.2) is 119 Å². The van der Waals surface area contributed by atoms with Gasteiger partial charge in [0.25, 0.3) is 0 Å². The van der Waals surface area contributed by atoms with Gasteiger partial charge >= 0.3 is 0 Å². The van der Waals surface area contributed by atoms with E-state index < -0.39 is 41.3 Å². The minimum Gasteiger partial charge on any atom is -0.388 e. The first-order chi connectivity index (χ1) is 16.3. The van der Waals surface area contributed by atoms with Crippen molar-refractivity contribution >= 4 is 29.3 Å². The van der Waals surface area contributed by atoms with Crippen LogP contribution in [0.15, 0.2) is 0 Å². The van der Waals surface area contributed by atoms with Gasteiger partial charge in [0.05, 0.1) is 30.7 Å². The van der Waals surface area contributed by atoms with Gasteiger partial charge in [0.1, 0.15) is 29.9 Å². The zero-order valence-electron chi connectivity index (χ0n) is 20.3. The Morgan fingerprint density at radius 1 is 1.18 bits per heavy atom. The third-order valence-corrected chi connectivity index (χ3v) is 8.44. The predicted molar refractivity (Wildman–Crippen MR) is 133 cm³/mol. The number of aliphatic hydroxyl groups is 3. The number of aliphatic hydroxyl groups excluding tert-OH is 3. The number of nitrogens with one attached hydrogen (secondary N) is 2. The van der Waals surface area contributed by atoms with E-state index in [-0.39, 0.29) is 11.9 Å². The topological polar surface area (TPSA) is 124 Å². The van der Waals surface area contributed by atoms with Gasteiger partial charge in [-0.15, -0.1) is 23.4 Å². The number of alkyl halides is 1. The maximum absolute atomic E-state index is 13.1. The molecule has 9 nitrogen and oxygen atoms in total. The van der Waals surface area contributed by atoms with Gasteiger partial charge in [-0.05, 0) is 64.3 Å². The van der Waals surface area contributed by atoms with Crippen LogP contribution < -0.4 is 10.6 Å². The Morgan fingerprint density at radius 3 is 2.59 bits per heavy atom. The number of carbonyl (C=O) groups is 1. The van der Waals surface area contributed by atoms with Gasteiger partial charge in [0.15, 0.2) is 0 Å². The zero-order chi connectivity index (χ0) is 24.7. The second-order valence-corrected chi connectivity index (χ2v) is 11.3. The molecule has 0 aliphatic carbocycles. The van der Waals surface area contributed by atoms with Crippen molar-refractivity contribution in [3.8, 4) is 0 Å². The lowest BCUT2D eigenvalue weighted by molar-refractivity contribution is -0.205. The second-order valence-electron chi connectivity index (χ2n) is 9.72. The minimum atomic E-state index is -1.37. The molecule has 0 saturated carbocycles. The average molecular weight is 524 g/mol. The van der Waals surface area contributed by atoms with E-state index in [1.54, 1.807) is 13.2 Å². The maximum Gasteiger partial charge on any atom is 0.237 e. The fourth-order valence-electron chi connectivity index (χ4n) is 5.14. The van der Waals surface area contributed by atoms with Crippen LogP contribution in [0.1, 0.15) is 39.0 Å². The molecule has 0 aromatic rings. The van der Waals surface area contributed by atoms with Crippen molar-refractivity contribution < 1.29 is 29.6 Å². The Kier molecular flexibility index (Phi) is 11.7. The number of rotatable bonds is 9. The fourth-order valence-corrected chi connectivity index (χ4v) is 6.03. The molecule has 5 N–H and O–H groups in total. The van der Waals surface area contributed by atoms with Gasteiger partial charge in [0, 0.05) is 13.1 Å². The third kappa shape index (κ3) is 7.66. The van der Waals surface area contributed by atoms with Crippen LogP contribution in [0.2, 0.25) is 0 Å². The van der Waals surface area contributed by atoms with Crippen molar-refractivity contribution in [3.05, 3.63) is 0 Å². The Labute approximate surface area is 212 Å². The second kappa shape index (κ2) is 13.9. The molecule has 3 aliphatic heterocycles. The number of hydrogen-bond acceptors (Lipinski definition) is 9. The summed E-state index contributed by atoms with van der Waals surface area (Å²) in [6.07, 6.45) is 1.97. The number of nitrogens with zero attached hydrogens (tertiary/aromatic N) is 1. The molecule has 3 heterocycles. The Morgan fingerprint density at radius 2 is 1.91 bits per heavy atom. The summed E-state index contributed by atoms with van der Waals surface area (Å²) in [7, 11) is 0. The van der Waals surface area contributed by atoms with E-state index in [1.165, 1.54) is 11.8 Å². The molecule has 3 fully saturated rings. The van der Waals surface area contributed by atoms with E-state index >= 15 is 0 Å². The first-order valence-corrected chi connectivity index (χ1v) is 14.2. The van der Waals surface area contributed by atoms with Crippen molar-refractivity contribution in [1.29, 1.82) is 0 Å². The SMILES string of the molecule is CSC1O[C@H]([C@H](NC(=O)[C@@H]2CC[C@H](CCCN3CCOCC3)CCN2)[C@H](C)Cl)C(O)C(O)[C@H]1O. The van der Waals surface area contributed by atoms with Crippen LogP contribution in [0.5, 0.6) is 0 Å². The Balaban J connectivity index is 1.49. The summed E-state index contributed by atoms with van der Waals surface area (Å²) >= 11 is 7.63. The normalized spacial score (nSPS) is 37.5. The summed E-state index contributed by atoms with van der Waals surface area (Å²) in [5.74, 6) is 0.417. The van der Waals surface area contributed by atoms with E-state index in [0.29, 0.717) is 5.92 Å². The smallest absolute Gasteiger partial charge is 0.237 e. The lowest BCUT2D eigenvalue weighted by Crippen LogP contribution is -2.65. The first-order valence-electron chi connectivity index (χ1n) is 12.5. The van der Waals surface area contributed by atoms with Gasteiger partial charge in [-0.25, -0.2) is 0 Å². The molecule has 1 amide bonds. The van der Waals surface area contributed by atoms with Crippen LogP contribution >= 0.6 is 23.4 Å². The number of morpholine rings is 1. The molecule has 0 bridgehead atoms. The summed E-state index contributed by atoms with van der Waals surface area (Å²) in [6, 6.07) is -1.05. The molecule has 0 aromatic carbocycles. The highest BCUT2D eigenvalue weighted by molar-refractivity contribution is 7.99. The van der Waals surface area contributed by atoms with Crippen molar-refractivity contribution in [2.45, 2.75) is 86.3 Å². The van der Waals surface area contributed by atoms with E-state index in [1.807, 2.05) is 0 Å². The highest BCUT2D eigenvalue weighted by Gasteiger charge is 2.48. The molecule has 34 heavy (non-hydrogen) atoms. The monoisotopic (exact) mass is 523 g/mol. The summed E-state index contributed by atoms with van der Waals surface area (Å²) < 4.78 is 11.3. The number of hydrogen-bond donors (Lipinski definition) is 5. The molecule has 11 heteroatoms. The van der Waals surface area contributed by atoms with Crippen molar-refractivity contribution in [1.82, 2.24) is 15.5 Å². The minimum absolute atomic E-state index is 0.177. The Bertz CT molecular complexity index is 628. The van der Waals surface area contributed by atoms with E-state index in [0.717, 1.165) is 71.5 Å².